The van der Waals surface area contributed by atoms with Crippen molar-refractivity contribution < 1.29 is 4.74 Å². The van der Waals surface area contributed by atoms with Gasteiger partial charge >= 0.3 is 0 Å². The molecule has 0 radical (unpaired) electrons. The summed E-state index contributed by atoms with van der Waals surface area (Å²) in [6.45, 7) is 13.2. The smallest absolute Gasteiger partial charge is 0.0669 e. The number of aryl methyl sites for hydroxylation is 1. The first-order valence-electron chi connectivity index (χ1n) is 8.39. The molecule has 1 N–H and O–H groups in total. The van der Waals surface area contributed by atoms with Gasteiger partial charge in [-0.2, -0.15) is 5.10 Å². The van der Waals surface area contributed by atoms with Crippen molar-refractivity contribution in [3.8, 4) is 0 Å². The molecule has 1 saturated carbocycles. The van der Waals surface area contributed by atoms with Gasteiger partial charge < -0.3 is 10.1 Å². The Balaban J connectivity index is 2.04. The van der Waals surface area contributed by atoms with E-state index in [1.807, 2.05) is 0 Å². The molecule has 4 heteroatoms. The lowest BCUT2D eigenvalue weighted by atomic mass is 10.1. The first-order valence-corrected chi connectivity index (χ1v) is 8.39. The van der Waals surface area contributed by atoms with Crippen LogP contribution in [0.25, 0.3) is 0 Å². The van der Waals surface area contributed by atoms with Gasteiger partial charge in [0.1, 0.15) is 0 Å². The van der Waals surface area contributed by atoms with E-state index in [2.05, 4.69) is 44.6 Å². The number of ether oxygens (including phenoxy) is 1. The van der Waals surface area contributed by atoms with Gasteiger partial charge in [-0.25, -0.2) is 0 Å². The van der Waals surface area contributed by atoms with Crippen LogP contribution in [-0.2, 0) is 30.7 Å². The Hall–Kier alpha value is -0.870. The molecule has 1 aliphatic carbocycles. The molecule has 0 unspecified atom stereocenters. The Morgan fingerprint density at radius 3 is 2.48 bits per heavy atom. The molecule has 1 aromatic rings. The van der Waals surface area contributed by atoms with Crippen LogP contribution in [-0.4, -0.2) is 28.0 Å². The minimum Gasteiger partial charge on any atom is -0.374 e. The molecule has 1 fully saturated rings. The minimum absolute atomic E-state index is 0.0799. The number of rotatable bonds is 8. The van der Waals surface area contributed by atoms with E-state index in [-0.39, 0.29) is 5.60 Å². The van der Waals surface area contributed by atoms with Crippen LogP contribution in [0.4, 0.5) is 0 Å². The lowest BCUT2D eigenvalue weighted by molar-refractivity contribution is -0.00817. The van der Waals surface area contributed by atoms with Crippen LogP contribution in [0.15, 0.2) is 0 Å². The van der Waals surface area contributed by atoms with E-state index in [0.717, 1.165) is 38.6 Å². The zero-order valence-electron chi connectivity index (χ0n) is 14.3. The van der Waals surface area contributed by atoms with E-state index in [0.29, 0.717) is 0 Å². The molecule has 0 atom stereocenters. The third-order valence-electron chi connectivity index (χ3n) is 3.90. The van der Waals surface area contributed by atoms with Crippen molar-refractivity contribution in [2.75, 3.05) is 6.61 Å². The fourth-order valence-corrected chi connectivity index (χ4v) is 2.63. The van der Waals surface area contributed by atoms with Crippen molar-refractivity contribution in [2.24, 2.45) is 0 Å². The second-order valence-corrected chi connectivity index (χ2v) is 6.92. The Morgan fingerprint density at radius 2 is 1.95 bits per heavy atom. The molecule has 0 saturated heterocycles. The highest BCUT2D eigenvalue weighted by Crippen LogP contribution is 2.22. The van der Waals surface area contributed by atoms with Crippen molar-refractivity contribution in [1.82, 2.24) is 15.1 Å². The Kier molecular flexibility index (Phi) is 5.44. The molecule has 0 aliphatic heterocycles. The number of nitrogens with one attached hydrogen (secondary N) is 1. The van der Waals surface area contributed by atoms with Crippen LogP contribution in [0.2, 0.25) is 0 Å². The third kappa shape index (κ3) is 4.82. The van der Waals surface area contributed by atoms with Crippen molar-refractivity contribution in [1.29, 1.82) is 0 Å². The SMILES string of the molecule is CCc1nn(CCOC(C)(C)C)c(CC)c1CNC1CC1. The normalized spacial score (nSPS) is 15.7. The van der Waals surface area contributed by atoms with Crippen molar-refractivity contribution >= 4 is 0 Å². The maximum atomic E-state index is 5.85. The molecule has 120 valence electrons. The fraction of sp³-hybridized carbons (Fsp3) is 0.824. The molecule has 4 nitrogen and oxygen atoms in total. The lowest BCUT2D eigenvalue weighted by Gasteiger charge is -2.19. The monoisotopic (exact) mass is 293 g/mol. The van der Waals surface area contributed by atoms with Crippen LogP contribution in [0.3, 0.4) is 0 Å². The quantitative estimate of drug-likeness (QED) is 0.800. The fourth-order valence-electron chi connectivity index (χ4n) is 2.63. The number of nitrogens with zero attached hydrogens (tertiary/aromatic N) is 2. The van der Waals surface area contributed by atoms with E-state index in [4.69, 9.17) is 9.84 Å². The van der Waals surface area contributed by atoms with E-state index in [1.54, 1.807) is 0 Å². The number of hydrogen-bond acceptors (Lipinski definition) is 3. The average molecular weight is 293 g/mol. The summed E-state index contributed by atoms with van der Waals surface area (Å²) in [7, 11) is 0. The van der Waals surface area contributed by atoms with Crippen molar-refractivity contribution in [2.45, 2.75) is 85.0 Å². The Bertz CT molecular complexity index is 455. The lowest BCUT2D eigenvalue weighted by Crippen LogP contribution is -2.23. The second-order valence-electron chi connectivity index (χ2n) is 6.92. The van der Waals surface area contributed by atoms with Crippen LogP contribution in [0, 0.1) is 0 Å². The van der Waals surface area contributed by atoms with Crippen LogP contribution in [0.5, 0.6) is 0 Å². The average Bonchev–Trinajstić information content (AvgIpc) is 3.17. The molecular weight excluding hydrogens is 262 g/mol. The van der Waals surface area contributed by atoms with E-state index in [1.165, 1.54) is 29.8 Å². The predicted molar refractivity (Wildman–Crippen MR) is 86.5 cm³/mol. The Morgan fingerprint density at radius 1 is 1.24 bits per heavy atom. The molecule has 1 aromatic heterocycles. The van der Waals surface area contributed by atoms with Crippen LogP contribution in [0.1, 0.15) is 64.4 Å². The summed E-state index contributed by atoms with van der Waals surface area (Å²) in [5.41, 5.74) is 3.96. The van der Waals surface area contributed by atoms with E-state index >= 15 is 0 Å². The van der Waals surface area contributed by atoms with Crippen LogP contribution >= 0.6 is 0 Å². The topological polar surface area (TPSA) is 39.1 Å². The second kappa shape index (κ2) is 6.93. The summed E-state index contributed by atoms with van der Waals surface area (Å²) in [5.74, 6) is 0. The van der Waals surface area contributed by atoms with Crippen LogP contribution < -0.4 is 5.32 Å². The highest BCUT2D eigenvalue weighted by Gasteiger charge is 2.22. The van der Waals surface area contributed by atoms with E-state index in [9.17, 15) is 0 Å². The summed E-state index contributed by atoms with van der Waals surface area (Å²) in [4.78, 5) is 0. The predicted octanol–water partition coefficient (Wildman–Crippen LogP) is 3.08. The zero-order chi connectivity index (χ0) is 15.5. The molecule has 0 bridgehead atoms. The molecule has 1 heterocycles. The summed E-state index contributed by atoms with van der Waals surface area (Å²) < 4.78 is 8.01. The maximum absolute atomic E-state index is 5.85. The van der Waals surface area contributed by atoms with Gasteiger partial charge in [-0.3, -0.25) is 4.68 Å². The van der Waals surface area contributed by atoms with Gasteiger partial charge in [-0.15, -0.1) is 0 Å². The molecular formula is C17H31N3O. The molecule has 0 aromatic carbocycles. The highest BCUT2D eigenvalue weighted by atomic mass is 16.5. The minimum atomic E-state index is -0.0799. The summed E-state index contributed by atoms with van der Waals surface area (Å²) in [6, 6.07) is 0.743. The maximum Gasteiger partial charge on any atom is 0.0669 e. The first-order chi connectivity index (χ1) is 9.94. The number of hydrogen-bond donors (Lipinski definition) is 1. The zero-order valence-corrected chi connectivity index (χ0v) is 14.3. The molecule has 0 amide bonds. The van der Waals surface area contributed by atoms with Gasteiger partial charge in [-0.1, -0.05) is 13.8 Å². The van der Waals surface area contributed by atoms with Gasteiger partial charge in [-0.05, 0) is 46.5 Å². The largest absolute Gasteiger partial charge is 0.374 e. The highest BCUT2D eigenvalue weighted by molar-refractivity contribution is 5.27. The first kappa shape index (κ1) is 16.5. The molecule has 2 rings (SSSR count). The van der Waals surface area contributed by atoms with Gasteiger partial charge in [0.2, 0.25) is 0 Å². The Labute approximate surface area is 129 Å². The number of aromatic nitrogens is 2. The summed E-state index contributed by atoms with van der Waals surface area (Å²) in [5, 5.41) is 8.45. The molecule has 1 aliphatic rings. The van der Waals surface area contributed by atoms with Crippen molar-refractivity contribution in [3.05, 3.63) is 17.0 Å². The van der Waals surface area contributed by atoms with Gasteiger partial charge in [0, 0.05) is 23.8 Å². The van der Waals surface area contributed by atoms with Crippen molar-refractivity contribution in [3.63, 3.8) is 0 Å². The molecule has 0 spiro atoms. The standard InChI is InChI=1S/C17H31N3O/c1-6-15-14(12-18-13-8-9-13)16(7-2)20(19-15)10-11-21-17(3,4)5/h13,18H,6-12H2,1-5H3. The van der Waals surface area contributed by atoms with Gasteiger partial charge in [0.15, 0.2) is 0 Å². The van der Waals surface area contributed by atoms with E-state index < -0.39 is 0 Å². The van der Waals surface area contributed by atoms with Gasteiger partial charge in [0.25, 0.3) is 0 Å². The van der Waals surface area contributed by atoms with Gasteiger partial charge in [0.05, 0.1) is 24.4 Å². The molecule has 21 heavy (non-hydrogen) atoms. The third-order valence-corrected chi connectivity index (χ3v) is 3.90. The summed E-state index contributed by atoms with van der Waals surface area (Å²) >= 11 is 0. The summed E-state index contributed by atoms with van der Waals surface area (Å²) in [6.07, 6.45) is 4.69.